The highest BCUT2D eigenvalue weighted by Gasteiger charge is 2.15. The van der Waals surface area contributed by atoms with Crippen LogP contribution in [0.2, 0.25) is 15.1 Å². The average molecular weight is 628 g/mol. The molecule has 3 rings (SSSR count). The Morgan fingerprint density at radius 3 is 2.44 bits per heavy atom. The predicted octanol–water partition coefficient (Wildman–Crippen LogP) is 7.77. The Labute approximate surface area is 226 Å². The number of nitriles is 1. The quantitative estimate of drug-likeness (QED) is 0.157. The molecular formula is C25H18Cl3IN2O3. The second-order valence-corrected chi connectivity index (χ2v) is 9.34. The van der Waals surface area contributed by atoms with Gasteiger partial charge in [0.15, 0.2) is 11.5 Å². The summed E-state index contributed by atoms with van der Waals surface area (Å²) in [6.07, 6.45) is 1.49. The number of carbonyl (C=O) groups excluding carboxylic acids is 1. The monoisotopic (exact) mass is 626 g/mol. The number of nitrogens with zero attached hydrogens (tertiary/aromatic N) is 1. The van der Waals surface area contributed by atoms with E-state index in [1.54, 1.807) is 30.3 Å². The third kappa shape index (κ3) is 7.03. The van der Waals surface area contributed by atoms with Gasteiger partial charge < -0.3 is 14.8 Å². The van der Waals surface area contributed by atoms with Crippen LogP contribution in [0.4, 0.5) is 5.69 Å². The van der Waals surface area contributed by atoms with Crippen molar-refractivity contribution in [3.63, 3.8) is 0 Å². The minimum Gasteiger partial charge on any atom is -0.490 e. The van der Waals surface area contributed by atoms with Gasteiger partial charge in [0.2, 0.25) is 0 Å². The standard InChI is InChI=1S/C25H18Cl3IN2O3/c1-2-33-23-11-16(10-22(29)24(23)34-14-15-3-5-18(26)6-4-15)9-17(13-30)25(32)31-19-7-8-20(27)21(28)12-19/h3-12H,2,14H2,1H3,(H,31,32)/b17-9+. The maximum absolute atomic E-state index is 12.6. The molecule has 0 bridgehead atoms. The molecule has 34 heavy (non-hydrogen) atoms. The van der Waals surface area contributed by atoms with Crippen LogP contribution >= 0.6 is 57.4 Å². The van der Waals surface area contributed by atoms with E-state index in [-0.39, 0.29) is 5.57 Å². The first-order chi connectivity index (χ1) is 16.3. The number of nitrogens with one attached hydrogen (secondary N) is 1. The van der Waals surface area contributed by atoms with Gasteiger partial charge in [0, 0.05) is 10.7 Å². The molecule has 3 aromatic rings. The Morgan fingerprint density at radius 1 is 1.06 bits per heavy atom. The van der Waals surface area contributed by atoms with Gasteiger partial charge in [-0.15, -0.1) is 0 Å². The van der Waals surface area contributed by atoms with Crippen LogP contribution in [-0.2, 0) is 11.4 Å². The van der Waals surface area contributed by atoms with Gasteiger partial charge in [0.25, 0.3) is 5.91 Å². The number of amides is 1. The molecular weight excluding hydrogens is 610 g/mol. The summed E-state index contributed by atoms with van der Waals surface area (Å²) >= 11 is 20.0. The van der Waals surface area contributed by atoms with Gasteiger partial charge in [-0.2, -0.15) is 5.26 Å². The molecule has 0 radical (unpaired) electrons. The lowest BCUT2D eigenvalue weighted by Crippen LogP contribution is -2.13. The van der Waals surface area contributed by atoms with Crippen molar-refractivity contribution >= 4 is 75.1 Å². The average Bonchev–Trinajstić information content (AvgIpc) is 2.80. The largest absolute Gasteiger partial charge is 0.490 e. The minimum atomic E-state index is -0.572. The van der Waals surface area contributed by atoms with Crippen molar-refractivity contribution in [3.8, 4) is 17.6 Å². The fourth-order valence-electron chi connectivity index (χ4n) is 2.90. The summed E-state index contributed by atoms with van der Waals surface area (Å²) in [6, 6.07) is 17.5. The van der Waals surface area contributed by atoms with E-state index in [1.807, 2.05) is 31.2 Å². The van der Waals surface area contributed by atoms with Gasteiger partial charge in [0.1, 0.15) is 18.2 Å². The second kappa shape index (κ2) is 12.3. The number of ether oxygens (including phenoxy) is 2. The highest BCUT2D eigenvalue weighted by molar-refractivity contribution is 14.1. The van der Waals surface area contributed by atoms with Crippen molar-refractivity contribution < 1.29 is 14.3 Å². The lowest BCUT2D eigenvalue weighted by atomic mass is 10.1. The van der Waals surface area contributed by atoms with Crippen molar-refractivity contribution in [2.45, 2.75) is 13.5 Å². The fourth-order valence-corrected chi connectivity index (χ4v) is 4.10. The second-order valence-electron chi connectivity index (χ2n) is 6.93. The maximum atomic E-state index is 12.6. The maximum Gasteiger partial charge on any atom is 0.266 e. The van der Waals surface area contributed by atoms with Crippen LogP contribution in [-0.4, -0.2) is 12.5 Å². The minimum absolute atomic E-state index is 0.0841. The van der Waals surface area contributed by atoms with E-state index >= 15 is 0 Å². The van der Waals surface area contributed by atoms with Gasteiger partial charge in [-0.05, 0) is 89.2 Å². The van der Waals surface area contributed by atoms with E-state index in [0.717, 1.165) is 9.13 Å². The smallest absolute Gasteiger partial charge is 0.266 e. The first kappa shape index (κ1) is 26.2. The van der Waals surface area contributed by atoms with E-state index in [4.69, 9.17) is 44.3 Å². The predicted molar refractivity (Wildman–Crippen MR) is 145 cm³/mol. The molecule has 0 unspecified atom stereocenters. The Kier molecular flexibility index (Phi) is 9.48. The summed E-state index contributed by atoms with van der Waals surface area (Å²) in [5.41, 5.74) is 1.92. The Balaban J connectivity index is 1.84. The van der Waals surface area contributed by atoms with Gasteiger partial charge in [-0.1, -0.05) is 46.9 Å². The normalized spacial score (nSPS) is 11.0. The molecule has 0 saturated heterocycles. The molecule has 0 aliphatic rings. The first-order valence-electron chi connectivity index (χ1n) is 10.0. The Bertz CT molecular complexity index is 1270. The summed E-state index contributed by atoms with van der Waals surface area (Å²) in [4.78, 5) is 12.6. The van der Waals surface area contributed by atoms with Crippen LogP contribution in [0.5, 0.6) is 11.5 Å². The van der Waals surface area contributed by atoms with Crippen LogP contribution in [0.15, 0.2) is 60.2 Å². The van der Waals surface area contributed by atoms with Crippen molar-refractivity contribution in [3.05, 3.63) is 89.9 Å². The van der Waals surface area contributed by atoms with Crippen LogP contribution in [0.3, 0.4) is 0 Å². The molecule has 1 amide bonds. The SMILES string of the molecule is CCOc1cc(/C=C(\C#N)C(=O)Nc2ccc(Cl)c(Cl)c2)cc(I)c1OCc1ccc(Cl)cc1. The summed E-state index contributed by atoms with van der Waals surface area (Å²) < 4.78 is 12.6. The molecule has 1 N–H and O–H groups in total. The lowest BCUT2D eigenvalue weighted by Gasteiger charge is -2.15. The van der Waals surface area contributed by atoms with Crippen LogP contribution < -0.4 is 14.8 Å². The number of hydrogen-bond acceptors (Lipinski definition) is 4. The van der Waals surface area contributed by atoms with Crippen molar-refractivity contribution in [2.75, 3.05) is 11.9 Å². The Morgan fingerprint density at radius 2 is 1.79 bits per heavy atom. The van der Waals surface area contributed by atoms with E-state index < -0.39 is 5.91 Å². The third-order valence-corrected chi connectivity index (χ3v) is 6.27. The zero-order valence-electron chi connectivity index (χ0n) is 17.9. The summed E-state index contributed by atoms with van der Waals surface area (Å²) in [6.45, 7) is 2.62. The van der Waals surface area contributed by atoms with Crippen LogP contribution in [0.1, 0.15) is 18.1 Å². The molecule has 3 aromatic carbocycles. The molecule has 174 valence electrons. The zero-order valence-corrected chi connectivity index (χ0v) is 22.3. The first-order valence-corrected chi connectivity index (χ1v) is 12.2. The molecule has 9 heteroatoms. The van der Waals surface area contributed by atoms with E-state index in [2.05, 4.69) is 27.9 Å². The van der Waals surface area contributed by atoms with E-state index in [1.165, 1.54) is 12.1 Å². The number of carbonyl (C=O) groups is 1. The van der Waals surface area contributed by atoms with E-state index in [9.17, 15) is 10.1 Å². The van der Waals surface area contributed by atoms with Gasteiger partial charge in [-0.3, -0.25) is 4.79 Å². The van der Waals surface area contributed by atoms with Crippen LogP contribution in [0.25, 0.3) is 6.08 Å². The fraction of sp³-hybridized carbons (Fsp3) is 0.120. The van der Waals surface area contributed by atoms with Crippen molar-refractivity contribution in [1.82, 2.24) is 0 Å². The zero-order chi connectivity index (χ0) is 24.7. The van der Waals surface area contributed by atoms with Gasteiger partial charge in [0.05, 0.1) is 20.2 Å². The number of rotatable bonds is 8. The molecule has 0 atom stereocenters. The van der Waals surface area contributed by atoms with E-state index in [0.29, 0.717) is 51.0 Å². The summed E-state index contributed by atoms with van der Waals surface area (Å²) in [5, 5.41) is 13.5. The molecule has 0 heterocycles. The summed E-state index contributed by atoms with van der Waals surface area (Å²) in [5.74, 6) is 0.516. The lowest BCUT2D eigenvalue weighted by molar-refractivity contribution is -0.112. The third-order valence-electron chi connectivity index (χ3n) is 4.48. The van der Waals surface area contributed by atoms with Crippen molar-refractivity contribution in [2.24, 2.45) is 0 Å². The molecule has 5 nitrogen and oxygen atoms in total. The number of anilines is 1. The Hall–Kier alpha value is -2.44. The molecule has 0 aromatic heterocycles. The highest BCUT2D eigenvalue weighted by Crippen LogP contribution is 2.35. The highest BCUT2D eigenvalue weighted by atomic mass is 127. The number of halogens is 4. The molecule has 0 aliphatic carbocycles. The number of benzene rings is 3. The molecule has 0 spiro atoms. The molecule has 0 aliphatic heterocycles. The topological polar surface area (TPSA) is 71.3 Å². The van der Waals surface area contributed by atoms with Crippen LogP contribution in [0, 0.1) is 14.9 Å². The number of hydrogen-bond donors (Lipinski definition) is 1. The molecule has 0 fully saturated rings. The summed E-state index contributed by atoms with van der Waals surface area (Å²) in [7, 11) is 0. The van der Waals surface area contributed by atoms with Gasteiger partial charge >= 0.3 is 0 Å². The van der Waals surface area contributed by atoms with Crippen molar-refractivity contribution in [1.29, 1.82) is 5.26 Å². The molecule has 0 saturated carbocycles. The van der Waals surface area contributed by atoms with Gasteiger partial charge in [-0.25, -0.2) is 0 Å².